The summed E-state index contributed by atoms with van der Waals surface area (Å²) < 4.78 is 33.1. The van der Waals surface area contributed by atoms with Crippen LogP contribution in [0.1, 0.15) is 11.1 Å². The number of methoxy groups -OCH3 is 1. The molecule has 0 atom stereocenters. The van der Waals surface area contributed by atoms with Gasteiger partial charge in [-0.2, -0.15) is 8.78 Å². The Hall–Kier alpha value is -1.94. The maximum absolute atomic E-state index is 13.9. The lowest BCUT2D eigenvalue weighted by Gasteiger charge is -2.18. The van der Waals surface area contributed by atoms with Crippen LogP contribution in [0.4, 0.5) is 8.78 Å². The summed E-state index contributed by atoms with van der Waals surface area (Å²) in [5, 5.41) is 2.79. The first kappa shape index (κ1) is 14.5. The Morgan fingerprint density at radius 3 is 2.35 bits per heavy atom. The summed E-state index contributed by atoms with van der Waals surface area (Å²) in [4.78, 5) is 0. The van der Waals surface area contributed by atoms with Crippen LogP contribution in [0.5, 0.6) is 5.75 Å². The van der Waals surface area contributed by atoms with Gasteiger partial charge in [0.25, 0.3) is 5.92 Å². The molecule has 0 saturated carbocycles. The van der Waals surface area contributed by atoms with Gasteiger partial charge in [-0.1, -0.05) is 48.5 Å². The van der Waals surface area contributed by atoms with Crippen molar-refractivity contribution in [2.75, 3.05) is 13.7 Å². The summed E-state index contributed by atoms with van der Waals surface area (Å²) >= 11 is 0. The Balaban J connectivity index is 1.96. The molecule has 0 saturated heterocycles. The molecule has 0 bridgehead atoms. The number of nitrogens with one attached hydrogen (secondary N) is 1. The fourth-order valence-electron chi connectivity index (χ4n) is 1.99. The molecule has 20 heavy (non-hydrogen) atoms. The van der Waals surface area contributed by atoms with Crippen molar-refractivity contribution in [1.29, 1.82) is 0 Å². The van der Waals surface area contributed by atoms with E-state index >= 15 is 0 Å². The van der Waals surface area contributed by atoms with E-state index in [4.69, 9.17) is 4.74 Å². The zero-order valence-electron chi connectivity index (χ0n) is 11.3. The lowest BCUT2D eigenvalue weighted by Crippen LogP contribution is -2.30. The van der Waals surface area contributed by atoms with Gasteiger partial charge in [0.15, 0.2) is 0 Å². The zero-order valence-corrected chi connectivity index (χ0v) is 11.3. The van der Waals surface area contributed by atoms with Crippen molar-refractivity contribution >= 4 is 0 Å². The number of halogens is 2. The maximum atomic E-state index is 13.9. The first-order valence-corrected chi connectivity index (χ1v) is 6.39. The second-order valence-electron chi connectivity index (χ2n) is 4.49. The number of rotatable bonds is 6. The minimum Gasteiger partial charge on any atom is -0.496 e. The predicted molar refractivity (Wildman–Crippen MR) is 75.0 cm³/mol. The molecule has 1 N–H and O–H groups in total. The number of hydrogen-bond acceptors (Lipinski definition) is 2. The Morgan fingerprint density at radius 1 is 1.00 bits per heavy atom. The molecular weight excluding hydrogens is 260 g/mol. The van der Waals surface area contributed by atoms with Crippen molar-refractivity contribution in [3.63, 3.8) is 0 Å². The molecule has 0 aliphatic carbocycles. The normalized spacial score (nSPS) is 11.3. The van der Waals surface area contributed by atoms with Crippen molar-refractivity contribution < 1.29 is 13.5 Å². The SMILES string of the molecule is COc1ccccc1CNCC(F)(F)c1ccccc1. The summed E-state index contributed by atoms with van der Waals surface area (Å²) in [6.45, 7) is -0.0680. The van der Waals surface area contributed by atoms with Gasteiger partial charge in [0.2, 0.25) is 0 Å². The molecule has 2 rings (SSSR count). The van der Waals surface area contributed by atoms with Crippen LogP contribution < -0.4 is 10.1 Å². The molecule has 0 spiro atoms. The monoisotopic (exact) mass is 277 g/mol. The summed E-state index contributed by atoms with van der Waals surface area (Å²) in [7, 11) is 1.57. The van der Waals surface area contributed by atoms with Crippen molar-refractivity contribution in [2.45, 2.75) is 12.5 Å². The number of alkyl halides is 2. The van der Waals surface area contributed by atoms with Crippen LogP contribution in [0.15, 0.2) is 54.6 Å². The quantitative estimate of drug-likeness (QED) is 0.871. The van der Waals surface area contributed by atoms with Crippen LogP contribution in [0.3, 0.4) is 0 Å². The van der Waals surface area contributed by atoms with Gasteiger partial charge in [-0.15, -0.1) is 0 Å². The largest absolute Gasteiger partial charge is 0.496 e. The van der Waals surface area contributed by atoms with E-state index in [-0.39, 0.29) is 5.56 Å². The molecule has 0 amide bonds. The standard InChI is InChI=1S/C16H17F2NO/c1-20-15-10-6-5-7-13(15)11-19-12-16(17,18)14-8-3-2-4-9-14/h2-10,19H,11-12H2,1H3. The smallest absolute Gasteiger partial charge is 0.285 e. The first-order valence-electron chi connectivity index (χ1n) is 6.39. The van der Waals surface area contributed by atoms with Crippen molar-refractivity contribution in [1.82, 2.24) is 5.32 Å². The molecule has 0 aliphatic heterocycles. The number of ether oxygens (including phenoxy) is 1. The highest BCUT2D eigenvalue weighted by Crippen LogP contribution is 2.27. The topological polar surface area (TPSA) is 21.3 Å². The molecule has 0 aliphatic rings. The maximum Gasteiger partial charge on any atom is 0.285 e. The highest BCUT2D eigenvalue weighted by Gasteiger charge is 2.30. The molecule has 2 nitrogen and oxygen atoms in total. The van der Waals surface area contributed by atoms with Crippen LogP contribution in [-0.2, 0) is 12.5 Å². The Bertz CT molecular complexity index is 543. The predicted octanol–water partition coefficient (Wildman–Crippen LogP) is 3.58. The molecule has 2 aromatic rings. The molecule has 0 heterocycles. The third-order valence-electron chi connectivity index (χ3n) is 3.05. The van der Waals surface area contributed by atoms with E-state index in [0.29, 0.717) is 12.3 Å². The number of para-hydroxylation sites is 1. The average Bonchev–Trinajstić information content (AvgIpc) is 2.48. The van der Waals surface area contributed by atoms with Gasteiger partial charge in [0.05, 0.1) is 13.7 Å². The van der Waals surface area contributed by atoms with Crippen molar-refractivity contribution in [3.05, 3.63) is 65.7 Å². The summed E-state index contributed by atoms with van der Waals surface area (Å²) in [5.74, 6) is -2.19. The molecule has 0 fully saturated rings. The summed E-state index contributed by atoms with van der Waals surface area (Å²) in [6, 6.07) is 15.2. The van der Waals surface area contributed by atoms with Crippen LogP contribution in [0.2, 0.25) is 0 Å². The molecule has 0 aromatic heterocycles. The minimum absolute atomic E-state index is 0.0209. The highest BCUT2D eigenvalue weighted by atomic mass is 19.3. The first-order chi connectivity index (χ1) is 9.63. The lowest BCUT2D eigenvalue weighted by molar-refractivity contribution is -0.00347. The molecular formula is C16H17F2NO. The van der Waals surface area contributed by atoms with E-state index in [9.17, 15) is 8.78 Å². The van der Waals surface area contributed by atoms with Gasteiger partial charge in [-0.25, -0.2) is 0 Å². The zero-order chi connectivity index (χ0) is 14.4. The third-order valence-corrected chi connectivity index (χ3v) is 3.05. The fourth-order valence-corrected chi connectivity index (χ4v) is 1.99. The van der Waals surface area contributed by atoms with Crippen molar-refractivity contribution in [3.8, 4) is 5.75 Å². The fraction of sp³-hybridized carbons (Fsp3) is 0.250. The van der Waals surface area contributed by atoms with E-state index in [2.05, 4.69) is 5.32 Å². The Labute approximate surface area is 117 Å². The van der Waals surface area contributed by atoms with Gasteiger partial charge >= 0.3 is 0 Å². The molecule has 106 valence electrons. The minimum atomic E-state index is -2.89. The Kier molecular flexibility index (Phi) is 4.69. The van der Waals surface area contributed by atoms with Crippen LogP contribution in [-0.4, -0.2) is 13.7 Å². The summed E-state index contributed by atoms with van der Waals surface area (Å²) in [6.07, 6.45) is 0. The highest BCUT2D eigenvalue weighted by molar-refractivity contribution is 5.33. The summed E-state index contributed by atoms with van der Waals surface area (Å²) in [5.41, 5.74) is 0.881. The van der Waals surface area contributed by atoms with Crippen LogP contribution in [0, 0.1) is 0 Å². The van der Waals surface area contributed by atoms with E-state index in [0.717, 1.165) is 5.56 Å². The van der Waals surface area contributed by atoms with E-state index in [1.165, 1.54) is 12.1 Å². The third kappa shape index (κ3) is 3.54. The van der Waals surface area contributed by atoms with Gasteiger partial charge in [0.1, 0.15) is 5.75 Å². The Morgan fingerprint density at radius 2 is 1.65 bits per heavy atom. The van der Waals surface area contributed by atoms with Gasteiger partial charge < -0.3 is 10.1 Å². The molecule has 0 unspecified atom stereocenters. The van der Waals surface area contributed by atoms with Crippen molar-refractivity contribution in [2.24, 2.45) is 0 Å². The second-order valence-corrected chi connectivity index (χ2v) is 4.49. The van der Waals surface area contributed by atoms with Crippen LogP contribution in [0.25, 0.3) is 0 Å². The van der Waals surface area contributed by atoms with E-state index in [1.54, 1.807) is 25.3 Å². The molecule has 2 aromatic carbocycles. The van der Waals surface area contributed by atoms with E-state index < -0.39 is 12.5 Å². The number of benzene rings is 2. The molecule has 4 heteroatoms. The van der Waals surface area contributed by atoms with Crippen LogP contribution >= 0.6 is 0 Å². The van der Waals surface area contributed by atoms with Gasteiger partial charge in [-0.05, 0) is 6.07 Å². The van der Waals surface area contributed by atoms with Gasteiger partial charge in [-0.3, -0.25) is 0 Å². The average molecular weight is 277 g/mol. The lowest BCUT2D eigenvalue weighted by atomic mass is 10.1. The number of hydrogen-bond donors (Lipinski definition) is 1. The van der Waals surface area contributed by atoms with Gasteiger partial charge in [0, 0.05) is 17.7 Å². The van der Waals surface area contributed by atoms with E-state index in [1.807, 2.05) is 24.3 Å². The molecule has 0 radical (unpaired) electrons. The second kappa shape index (κ2) is 6.48.